The molecule has 1 aliphatic heterocycles. The molecule has 2 N–H and O–H groups in total. The predicted molar refractivity (Wildman–Crippen MR) is 81.4 cm³/mol. The zero-order valence-corrected chi connectivity index (χ0v) is 13.2. The van der Waals surface area contributed by atoms with Crippen LogP contribution in [0.2, 0.25) is 0 Å². The molecule has 1 saturated heterocycles. The fraction of sp³-hybridized carbons (Fsp3) is 0.462. The van der Waals surface area contributed by atoms with E-state index in [0.717, 1.165) is 6.07 Å². The molecule has 0 saturated carbocycles. The van der Waals surface area contributed by atoms with Crippen molar-refractivity contribution in [3.8, 4) is 11.5 Å². The summed E-state index contributed by atoms with van der Waals surface area (Å²) in [6, 6.07) is 3.65. The highest BCUT2D eigenvalue weighted by Crippen LogP contribution is 2.28. The van der Waals surface area contributed by atoms with Crippen molar-refractivity contribution in [3.05, 3.63) is 23.8 Å². The Balaban J connectivity index is 2.35. The Morgan fingerprint density at radius 2 is 2.14 bits per heavy atom. The largest absolute Gasteiger partial charge is 0.508 e. The summed E-state index contributed by atoms with van der Waals surface area (Å²) in [4.78, 5) is 13.8. The smallest absolute Gasteiger partial charge is 0.258 e. The van der Waals surface area contributed by atoms with E-state index in [1.807, 2.05) is 0 Å². The number of aromatic hydroxyl groups is 2. The third kappa shape index (κ3) is 3.26. The number of phenolic OH excluding ortho intramolecular Hbond substituents is 2. The van der Waals surface area contributed by atoms with E-state index in [1.54, 1.807) is 6.92 Å². The summed E-state index contributed by atoms with van der Waals surface area (Å²) in [6.45, 7) is 1.86. The van der Waals surface area contributed by atoms with Gasteiger partial charge >= 0.3 is 0 Å². The molecule has 1 atom stereocenters. The van der Waals surface area contributed by atoms with Crippen molar-refractivity contribution < 1.29 is 23.4 Å². The molecule has 0 radical (unpaired) electrons. The van der Waals surface area contributed by atoms with Crippen molar-refractivity contribution in [3.63, 3.8) is 0 Å². The van der Waals surface area contributed by atoms with Gasteiger partial charge in [0.2, 0.25) is 0 Å². The van der Waals surface area contributed by atoms with Crippen molar-refractivity contribution in [1.82, 2.24) is 4.90 Å². The second-order valence-corrected chi connectivity index (χ2v) is 8.28. The molecule has 1 aliphatic rings. The summed E-state index contributed by atoms with van der Waals surface area (Å²) in [5.41, 5.74) is -0.00370. The number of phenols is 2. The number of carbonyl (C=O) groups excluding carboxylic acids is 1. The van der Waals surface area contributed by atoms with Gasteiger partial charge in [-0.2, -0.15) is 11.8 Å². The number of rotatable bonds is 3. The van der Waals surface area contributed by atoms with E-state index in [2.05, 4.69) is 0 Å². The first-order chi connectivity index (χ1) is 9.86. The van der Waals surface area contributed by atoms with Crippen molar-refractivity contribution in [2.24, 2.45) is 0 Å². The Bertz CT molecular complexity index is 644. The normalized spacial score (nSPS) is 19.5. The van der Waals surface area contributed by atoms with Gasteiger partial charge in [0.25, 0.3) is 5.91 Å². The Labute approximate surface area is 127 Å². The molecule has 0 bridgehead atoms. The number of sulfone groups is 1. The molecule has 1 amide bonds. The highest BCUT2D eigenvalue weighted by molar-refractivity contribution is 8.01. The summed E-state index contributed by atoms with van der Waals surface area (Å²) in [6.07, 6.45) is 0. The SMILES string of the molecule is CCS(=O)(=O)C1CSCCN1C(=O)c1ccc(O)cc1O. The molecule has 1 unspecified atom stereocenters. The molecular weight excluding hydrogens is 314 g/mol. The van der Waals surface area contributed by atoms with E-state index in [0.29, 0.717) is 18.1 Å². The van der Waals surface area contributed by atoms with Gasteiger partial charge in [-0.1, -0.05) is 6.92 Å². The fourth-order valence-corrected chi connectivity index (χ4v) is 5.12. The Hall–Kier alpha value is -1.41. The molecule has 0 aromatic heterocycles. The van der Waals surface area contributed by atoms with E-state index >= 15 is 0 Å². The van der Waals surface area contributed by atoms with E-state index in [1.165, 1.54) is 28.8 Å². The Kier molecular flexibility index (Phi) is 4.67. The number of thioether (sulfide) groups is 1. The van der Waals surface area contributed by atoms with Crippen LogP contribution < -0.4 is 0 Å². The van der Waals surface area contributed by atoms with Crippen LogP contribution in [-0.2, 0) is 9.84 Å². The number of benzene rings is 1. The summed E-state index contributed by atoms with van der Waals surface area (Å²) in [7, 11) is -3.39. The first kappa shape index (κ1) is 16.0. The summed E-state index contributed by atoms with van der Waals surface area (Å²) in [5, 5.41) is 18.2. The highest BCUT2D eigenvalue weighted by Gasteiger charge is 2.36. The Morgan fingerprint density at radius 3 is 2.76 bits per heavy atom. The third-order valence-corrected chi connectivity index (χ3v) is 6.66. The van der Waals surface area contributed by atoms with Crippen molar-refractivity contribution in [2.45, 2.75) is 12.3 Å². The number of carbonyl (C=O) groups is 1. The van der Waals surface area contributed by atoms with Crippen molar-refractivity contribution in [1.29, 1.82) is 0 Å². The van der Waals surface area contributed by atoms with Gasteiger partial charge in [0.15, 0.2) is 9.84 Å². The van der Waals surface area contributed by atoms with Gasteiger partial charge in [-0.15, -0.1) is 0 Å². The lowest BCUT2D eigenvalue weighted by Gasteiger charge is -2.34. The Morgan fingerprint density at radius 1 is 1.43 bits per heavy atom. The van der Waals surface area contributed by atoms with Crippen LogP contribution in [0.5, 0.6) is 11.5 Å². The predicted octanol–water partition coefficient (Wildman–Crippen LogP) is 1.05. The van der Waals surface area contributed by atoms with Crippen LogP contribution in [-0.4, -0.2) is 58.6 Å². The maximum Gasteiger partial charge on any atom is 0.258 e. The monoisotopic (exact) mass is 331 g/mol. The third-order valence-electron chi connectivity index (χ3n) is 3.37. The van der Waals surface area contributed by atoms with Crippen LogP contribution in [0.15, 0.2) is 18.2 Å². The minimum absolute atomic E-state index is 0.00370. The first-order valence-corrected chi connectivity index (χ1v) is 9.36. The van der Waals surface area contributed by atoms with E-state index in [4.69, 9.17) is 0 Å². The maximum absolute atomic E-state index is 12.5. The number of nitrogens with zero attached hydrogens (tertiary/aromatic N) is 1. The van der Waals surface area contributed by atoms with Gasteiger partial charge in [-0.25, -0.2) is 8.42 Å². The lowest BCUT2D eigenvalue weighted by molar-refractivity contribution is 0.0746. The van der Waals surface area contributed by atoms with Gasteiger partial charge in [0.05, 0.1) is 5.56 Å². The van der Waals surface area contributed by atoms with Crippen molar-refractivity contribution in [2.75, 3.05) is 23.8 Å². The molecule has 0 aliphatic carbocycles. The lowest BCUT2D eigenvalue weighted by Crippen LogP contribution is -2.50. The molecule has 116 valence electrons. The van der Waals surface area contributed by atoms with E-state index < -0.39 is 21.1 Å². The van der Waals surface area contributed by atoms with Gasteiger partial charge < -0.3 is 15.1 Å². The summed E-state index contributed by atoms with van der Waals surface area (Å²) in [5.74, 6) is -0.0957. The van der Waals surface area contributed by atoms with Gasteiger partial charge in [-0.05, 0) is 12.1 Å². The number of hydrogen-bond acceptors (Lipinski definition) is 6. The molecule has 2 rings (SSSR count). The number of hydrogen-bond donors (Lipinski definition) is 2. The van der Waals surface area contributed by atoms with Crippen LogP contribution in [0.25, 0.3) is 0 Å². The molecule has 21 heavy (non-hydrogen) atoms. The zero-order valence-electron chi connectivity index (χ0n) is 11.5. The molecule has 8 heteroatoms. The first-order valence-electron chi connectivity index (χ1n) is 6.49. The standard InChI is InChI=1S/C13H17NO5S2/c1-2-21(18,19)12-8-20-6-5-14(12)13(17)10-4-3-9(15)7-11(10)16/h3-4,7,12,15-16H,2,5-6,8H2,1H3. The van der Waals surface area contributed by atoms with Crippen LogP contribution >= 0.6 is 11.8 Å². The molecule has 1 fully saturated rings. The van der Waals surface area contributed by atoms with Crippen LogP contribution in [0.3, 0.4) is 0 Å². The van der Waals surface area contributed by atoms with Gasteiger partial charge in [0, 0.05) is 29.9 Å². The van der Waals surface area contributed by atoms with Crippen LogP contribution in [0.1, 0.15) is 17.3 Å². The molecule has 1 heterocycles. The van der Waals surface area contributed by atoms with Gasteiger partial charge in [-0.3, -0.25) is 4.79 Å². The average molecular weight is 331 g/mol. The van der Waals surface area contributed by atoms with E-state index in [9.17, 15) is 23.4 Å². The van der Waals surface area contributed by atoms with Crippen LogP contribution in [0.4, 0.5) is 0 Å². The number of amides is 1. The molecule has 1 aromatic carbocycles. The summed E-state index contributed by atoms with van der Waals surface area (Å²) < 4.78 is 24.3. The minimum Gasteiger partial charge on any atom is -0.508 e. The second kappa shape index (κ2) is 6.15. The van der Waals surface area contributed by atoms with E-state index in [-0.39, 0.29) is 22.8 Å². The quantitative estimate of drug-likeness (QED) is 0.859. The fourth-order valence-electron chi connectivity index (χ4n) is 2.16. The summed E-state index contributed by atoms with van der Waals surface area (Å²) >= 11 is 1.49. The van der Waals surface area contributed by atoms with Gasteiger partial charge in [0.1, 0.15) is 16.9 Å². The molecular formula is C13H17NO5S2. The second-order valence-electron chi connectivity index (χ2n) is 4.68. The lowest BCUT2D eigenvalue weighted by atomic mass is 10.1. The highest BCUT2D eigenvalue weighted by atomic mass is 32.2. The van der Waals surface area contributed by atoms with Crippen molar-refractivity contribution >= 4 is 27.5 Å². The molecule has 1 aromatic rings. The molecule has 6 nitrogen and oxygen atoms in total. The average Bonchev–Trinajstić information content (AvgIpc) is 2.46. The van der Waals surface area contributed by atoms with Crippen LogP contribution in [0, 0.1) is 0 Å². The topological polar surface area (TPSA) is 94.9 Å². The maximum atomic E-state index is 12.5. The molecule has 0 spiro atoms. The zero-order chi connectivity index (χ0) is 15.6. The minimum atomic E-state index is -3.39.